The smallest absolute Gasteiger partial charge is 0.271 e. The molecule has 1 aromatic rings. The van der Waals surface area contributed by atoms with Gasteiger partial charge in [-0.3, -0.25) is 14.9 Å². The Hall–Kier alpha value is -1.67. The Labute approximate surface area is 127 Å². The normalized spacial score (nSPS) is 11.2. The molecule has 7 nitrogen and oxygen atoms in total. The molecule has 1 amide bonds. The average Bonchev–Trinajstić information content (AvgIpc) is 2.36. The van der Waals surface area contributed by atoms with Crippen LogP contribution in [0.4, 0.5) is 5.69 Å². The minimum absolute atomic E-state index is 0.0422. The molecule has 0 aliphatic carbocycles. The van der Waals surface area contributed by atoms with Gasteiger partial charge in [0, 0.05) is 36.4 Å². The summed E-state index contributed by atoms with van der Waals surface area (Å²) in [5.74, 6) is -0.486. The second-order valence-corrected chi connectivity index (χ2v) is 7.07. The summed E-state index contributed by atoms with van der Waals surface area (Å²) < 4.78 is 23.0. The number of benzene rings is 1. The third-order valence-corrected chi connectivity index (χ3v) is 4.40. The van der Waals surface area contributed by atoms with Crippen LogP contribution in [0.15, 0.2) is 17.0 Å². The number of non-ortho nitro benzene ring substituents is 1. The summed E-state index contributed by atoms with van der Waals surface area (Å²) in [5, 5.41) is 10.9. The molecule has 0 atom stereocenters. The number of nitro benzene ring substituents is 1. The van der Waals surface area contributed by atoms with Crippen LogP contribution in [0.1, 0.15) is 29.3 Å². The Morgan fingerprint density at radius 3 is 2.43 bits per heavy atom. The lowest BCUT2D eigenvalue weighted by atomic mass is 10.1. The summed E-state index contributed by atoms with van der Waals surface area (Å²) in [5.41, 5.74) is -0.434. The second kappa shape index (κ2) is 6.40. The lowest BCUT2D eigenvalue weighted by Gasteiger charge is -2.18. The molecule has 0 saturated heterocycles. The van der Waals surface area contributed by atoms with Crippen LogP contribution in [0.3, 0.4) is 0 Å². The standard InChI is InChI=1S/C12H15ClN2O5S/c1-4-5-14(3)12(16)10-6-9(15(17)18)7-11(8(10)2)21(13,19)20/h6-7H,4-5H2,1-3H3. The molecule has 0 bridgehead atoms. The molecular weight excluding hydrogens is 320 g/mol. The predicted octanol–water partition coefficient (Wildman–Crippen LogP) is 2.31. The number of carbonyl (C=O) groups excluding carboxylic acids is 1. The zero-order chi connectivity index (χ0) is 16.4. The molecule has 0 aliphatic rings. The highest BCUT2D eigenvalue weighted by atomic mass is 35.7. The average molecular weight is 335 g/mol. The van der Waals surface area contributed by atoms with Crippen LogP contribution in [-0.2, 0) is 9.05 Å². The van der Waals surface area contributed by atoms with Crippen LogP contribution < -0.4 is 0 Å². The highest BCUT2D eigenvalue weighted by molar-refractivity contribution is 8.13. The number of hydrogen-bond acceptors (Lipinski definition) is 5. The fourth-order valence-corrected chi connectivity index (χ4v) is 3.11. The van der Waals surface area contributed by atoms with E-state index in [0.29, 0.717) is 13.0 Å². The van der Waals surface area contributed by atoms with E-state index in [1.807, 2.05) is 6.92 Å². The van der Waals surface area contributed by atoms with Crippen molar-refractivity contribution >= 4 is 31.3 Å². The lowest BCUT2D eigenvalue weighted by Crippen LogP contribution is -2.28. The maximum absolute atomic E-state index is 12.3. The minimum Gasteiger partial charge on any atom is -0.342 e. The second-order valence-electron chi connectivity index (χ2n) is 4.54. The molecule has 116 valence electrons. The largest absolute Gasteiger partial charge is 0.342 e. The first-order chi connectivity index (χ1) is 9.59. The van der Waals surface area contributed by atoms with E-state index in [9.17, 15) is 23.3 Å². The molecule has 0 heterocycles. The van der Waals surface area contributed by atoms with Gasteiger partial charge in [0.05, 0.1) is 15.4 Å². The SMILES string of the molecule is CCCN(C)C(=O)c1cc([N+](=O)[O-])cc(S(=O)(=O)Cl)c1C. The van der Waals surface area contributed by atoms with Crippen molar-refractivity contribution in [2.75, 3.05) is 13.6 Å². The Kier molecular flexibility index (Phi) is 5.30. The fraction of sp³-hybridized carbons (Fsp3) is 0.417. The summed E-state index contributed by atoms with van der Waals surface area (Å²) in [4.78, 5) is 23.4. The quantitative estimate of drug-likeness (QED) is 0.467. The number of carbonyl (C=O) groups is 1. The Morgan fingerprint density at radius 1 is 1.43 bits per heavy atom. The zero-order valence-electron chi connectivity index (χ0n) is 11.8. The highest BCUT2D eigenvalue weighted by Crippen LogP contribution is 2.28. The first-order valence-corrected chi connectivity index (χ1v) is 8.39. The van der Waals surface area contributed by atoms with Gasteiger partial charge in [-0.2, -0.15) is 0 Å². The van der Waals surface area contributed by atoms with Gasteiger partial charge in [0.15, 0.2) is 0 Å². The van der Waals surface area contributed by atoms with E-state index in [0.717, 1.165) is 12.1 Å². The molecule has 0 radical (unpaired) electrons. The third-order valence-electron chi connectivity index (χ3n) is 2.95. The van der Waals surface area contributed by atoms with Crippen molar-refractivity contribution in [3.05, 3.63) is 33.4 Å². The van der Waals surface area contributed by atoms with Crippen LogP contribution in [0, 0.1) is 17.0 Å². The number of hydrogen-bond donors (Lipinski definition) is 0. The molecule has 0 unspecified atom stereocenters. The number of amides is 1. The third kappa shape index (κ3) is 3.92. The van der Waals surface area contributed by atoms with Gasteiger partial charge in [0.2, 0.25) is 0 Å². The molecular formula is C12H15ClN2O5S. The van der Waals surface area contributed by atoms with E-state index in [1.54, 1.807) is 7.05 Å². The van der Waals surface area contributed by atoms with Crippen molar-refractivity contribution < 1.29 is 18.1 Å². The Balaban J connectivity index is 3.55. The lowest BCUT2D eigenvalue weighted by molar-refractivity contribution is -0.385. The molecule has 1 rings (SSSR count). The molecule has 21 heavy (non-hydrogen) atoms. The summed E-state index contributed by atoms with van der Waals surface area (Å²) >= 11 is 0. The van der Waals surface area contributed by atoms with Crippen LogP contribution >= 0.6 is 10.7 Å². The van der Waals surface area contributed by atoms with Crippen LogP contribution in [0.2, 0.25) is 0 Å². The summed E-state index contributed by atoms with van der Waals surface area (Å²) in [6.45, 7) is 3.72. The first kappa shape index (κ1) is 17.4. The Morgan fingerprint density at radius 2 is 2.00 bits per heavy atom. The molecule has 0 aliphatic heterocycles. The van der Waals surface area contributed by atoms with Crippen LogP contribution in [0.25, 0.3) is 0 Å². The highest BCUT2D eigenvalue weighted by Gasteiger charge is 2.25. The van der Waals surface area contributed by atoms with Crippen molar-refractivity contribution in [2.24, 2.45) is 0 Å². The number of halogens is 1. The van der Waals surface area contributed by atoms with E-state index in [1.165, 1.54) is 11.8 Å². The molecule has 0 N–H and O–H groups in total. The number of nitrogens with zero attached hydrogens (tertiary/aromatic N) is 2. The molecule has 0 spiro atoms. The van der Waals surface area contributed by atoms with Crippen molar-refractivity contribution in [1.82, 2.24) is 4.90 Å². The van der Waals surface area contributed by atoms with Gasteiger partial charge in [0.1, 0.15) is 0 Å². The summed E-state index contributed by atoms with van der Waals surface area (Å²) in [7, 11) is 2.64. The first-order valence-electron chi connectivity index (χ1n) is 6.08. The monoisotopic (exact) mass is 334 g/mol. The van der Waals surface area contributed by atoms with Crippen molar-refractivity contribution in [3.63, 3.8) is 0 Å². The number of nitro groups is 1. The van der Waals surface area contributed by atoms with E-state index < -0.39 is 30.5 Å². The van der Waals surface area contributed by atoms with Gasteiger partial charge in [0.25, 0.3) is 20.6 Å². The predicted molar refractivity (Wildman–Crippen MR) is 78.1 cm³/mol. The summed E-state index contributed by atoms with van der Waals surface area (Å²) in [6.07, 6.45) is 0.705. The maximum atomic E-state index is 12.3. The van der Waals surface area contributed by atoms with Gasteiger partial charge < -0.3 is 4.90 Å². The zero-order valence-corrected chi connectivity index (χ0v) is 13.4. The molecule has 1 aromatic carbocycles. The van der Waals surface area contributed by atoms with Gasteiger partial charge in [-0.15, -0.1) is 0 Å². The Bertz CT molecular complexity index is 687. The van der Waals surface area contributed by atoms with E-state index >= 15 is 0 Å². The van der Waals surface area contributed by atoms with E-state index in [2.05, 4.69) is 0 Å². The number of rotatable bonds is 5. The van der Waals surface area contributed by atoms with E-state index in [-0.39, 0.29) is 11.1 Å². The molecule has 0 aromatic heterocycles. The summed E-state index contributed by atoms with van der Waals surface area (Å²) in [6, 6.07) is 1.92. The molecule has 0 saturated carbocycles. The van der Waals surface area contributed by atoms with Crippen molar-refractivity contribution in [2.45, 2.75) is 25.2 Å². The van der Waals surface area contributed by atoms with Gasteiger partial charge in [-0.05, 0) is 18.9 Å². The van der Waals surface area contributed by atoms with Gasteiger partial charge >= 0.3 is 0 Å². The van der Waals surface area contributed by atoms with Crippen LogP contribution in [-0.4, -0.2) is 37.7 Å². The van der Waals surface area contributed by atoms with E-state index in [4.69, 9.17) is 10.7 Å². The van der Waals surface area contributed by atoms with Crippen molar-refractivity contribution in [1.29, 1.82) is 0 Å². The van der Waals surface area contributed by atoms with Gasteiger partial charge in [-0.25, -0.2) is 8.42 Å². The van der Waals surface area contributed by atoms with Gasteiger partial charge in [-0.1, -0.05) is 6.92 Å². The minimum atomic E-state index is -4.19. The van der Waals surface area contributed by atoms with Crippen LogP contribution in [0.5, 0.6) is 0 Å². The van der Waals surface area contributed by atoms with Crippen molar-refractivity contribution in [3.8, 4) is 0 Å². The molecule has 0 fully saturated rings. The molecule has 9 heteroatoms. The fourth-order valence-electron chi connectivity index (χ4n) is 1.90. The topological polar surface area (TPSA) is 97.6 Å². The maximum Gasteiger partial charge on any atom is 0.271 e.